The normalized spacial score (nSPS) is 14.2. The van der Waals surface area contributed by atoms with Gasteiger partial charge >= 0.3 is 11.7 Å². The Morgan fingerprint density at radius 2 is 1.73 bits per heavy atom. The first-order chi connectivity index (χ1) is 15.7. The maximum Gasteiger partial charge on any atom is 0.362 e. The first kappa shape index (κ1) is 22.7. The third-order valence-corrected chi connectivity index (χ3v) is 5.88. The van der Waals surface area contributed by atoms with Crippen LogP contribution in [-0.2, 0) is 0 Å². The average Bonchev–Trinajstić information content (AvgIpc) is 2.77. The molecule has 33 heavy (non-hydrogen) atoms. The lowest BCUT2D eigenvalue weighted by Gasteiger charge is -2.21. The van der Waals surface area contributed by atoms with E-state index >= 15 is 0 Å². The lowest BCUT2D eigenvalue weighted by molar-refractivity contribution is 0.0685. The standard InChI is InChI=1S/C20H17Cl2N5O6/c21-12-6-10(27-20(32)23-18(29)15(26-27)19(30)31)7-13(22)16(12)33-14-8-11(17(28)25-24-14)9-4-2-1-3-5-9/h6-9H,1-5H2,(H,25,28)(H,30,31)(H,23,29,32). The summed E-state index contributed by atoms with van der Waals surface area (Å²) in [5.74, 6) is -1.41. The topological polar surface area (TPSA) is 160 Å². The molecular weight excluding hydrogens is 477 g/mol. The predicted octanol–water partition coefficient (Wildman–Crippen LogP) is 2.85. The van der Waals surface area contributed by atoms with Gasteiger partial charge in [-0.3, -0.25) is 14.6 Å². The van der Waals surface area contributed by atoms with Crippen molar-refractivity contribution in [2.75, 3.05) is 0 Å². The minimum absolute atomic E-state index is 0.00146. The van der Waals surface area contributed by atoms with Gasteiger partial charge in [0, 0.05) is 11.6 Å². The van der Waals surface area contributed by atoms with Gasteiger partial charge in [-0.25, -0.2) is 14.7 Å². The lowest BCUT2D eigenvalue weighted by Crippen LogP contribution is -2.35. The van der Waals surface area contributed by atoms with E-state index in [-0.39, 0.29) is 38.8 Å². The highest BCUT2D eigenvalue weighted by Gasteiger charge is 2.21. The Morgan fingerprint density at radius 1 is 1.06 bits per heavy atom. The zero-order chi connectivity index (χ0) is 23.7. The number of nitrogens with zero attached hydrogens (tertiary/aromatic N) is 3. The molecule has 1 aromatic carbocycles. The van der Waals surface area contributed by atoms with Crippen molar-refractivity contribution in [3.63, 3.8) is 0 Å². The predicted molar refractivity (Wildman–Crippen MR) is 118 cm³/mol. The number of halogens is 2. The van der Waals surface area contributed by atoms with E-state index in [0.29, 0.717) is 10.2 Å². The van der Waals surface area contributed by atoms with Crippen LogP contribution < -0.4 is 21.5 Å². The number of nitrogens with one attached hydrogen (secondary N) is 2. The Labute approximate surface area is 194 Å². The maximum atomic E-state index is 12.3. The lowest BCUT2D eigenvalue weighted by atomic mass is 9.85. The van der Waals surface area contributed by atoms with Gasteiger partial charge in [0.1, 0.15) is 0 Å². The minimum atomic E-state index is -1.61. The molecule has 0 saturated heterocycles. The molecule has 2 aromatic heterocycles. The number of hydrogen-bond donors (Lipinski definition) is 3. The van der Waals surface area contributed by atoms with E-state index in [1.165, 1.54) is 12.1 Å². The number of carboxylic acid groups (broad SMARTS) is 1. The number of rotatable bonds is 5. The van der Waals surface area contributed by atoms with Gasteiger partial charge in [0.2, 0.25) is 11.6 Å². The number of hydrogen-bond acceptors (Lipinski definition) is 7. The molecule has 3 N–H and O–H groups in total. The van der Waals surface area contributed by atoms with Crippen LogP contribution in [-0.4, -0.2) is 36.0 Å². The van der Waals surface area contributed by atoms with Crippen LogP contribution in [0.2, 0.25) is 10.0 Å². The smallest absolute Gasteiger partial charge is 0.362 e. The summed E-state index contributed by atoms with van der Waals surface area (Å²) < 4.78 is 6.37. The summed E-state index contributed by atoms with van der Waals surface area (Å²) in [7, 11) is 0. The molecule has 1 aliphatic rings. The van der Waals surface area contributed by atoms with Gasteiger partial charge < -0.3 is 9.84 Å². The minimum Gasteiger partial charge on any atom is -0.476 e. The van der Waals surface area contributed by atoms with E-state index in [9.17, 15) is 19.2 Å². The first-order valence-corrected chi connectivity index (χ1v) is 10.7. The zero-order valence-corrected chi connectivity index (χ0v) is 18.4. The van der Waals surface area contributed by atoms with Gasteiger partial charge in [0.15, 0.2) is 5.75 Å². The number of aromatic carboxylic acids is 1. The molecule has 0 aliphatic heterocycles. The molecule has 1 saturated carbocycles. The quantitative estimate of drug-likeness (QED) is 0.488. The van der Waals surface area contributed by atoms with Crippen molar-refractivity contribution in [2.45, 2.75) is 38.0 Å². The Balaban J connectivity index is 1.69. The molecule has 4 rings (SSSR count). The molecule has 1 aliphatic carbocycles. The number of aromatic nitrogens is 5. The molecule has 0 amide bonds. The molecule has 172 valence electrons. The van der Waals surface area contributed by atoms with Crippen molar-refractivity contribution in [1.82, 2.24) is 25.0 Å². The van der Waals surface area contributed by atoms with Gasteiger partial charge in [-0.15, -0.1) is 5.10 Å². The van der Waals surface area contributed by atoms with Crippen LogP contribution in [0.3, 0.4) is 0 Å². The molecule has 0 unspecified atom stereocenters. The average molecular weight is 494 g/mol. The van der Waals surface area contributed by atoms with Gasteiger partial charge in [0.25, 0.3) is 11.1 Å². The highest BCUT2D eigenvalue weighted by Crippen LogP contribution is 2.38. The van der Waals surface area contributed by atoms with Crippen LogP contribution in [0.1, 0.15) is 54.1 Å². The van der Waals surface area contributed by atoms with Crippen LogP contribution in [0.4, 0.5) is 0 Å². The molecule has 11 nitrogen and oxygen atoms in total. The molecule has 2 heterocycles. The third-order valence-electron chi connectivity index (χ3n) is 5.32. The zero-order valence-electron chi connectivity index (χ0n) is 16.9. The summed E-state index contributed by atoms with van der Waals surface area (Å²) in [6, 6.07) is 4.08. The van der Waals surface area contributed by atoms with Crippen molar-refractivity contribution in [3.8, 4) is 17.3 Å². The fraction of sp³-hybridized carbons (Fsp3) is 0.300. The van der Waals surface area contributed by atoms with E-state index in [1.807, 2.05) is 4.98 Å². The Hall–Kier alpha value is -3.44. The van der Waals surface area contributed by atoms with Crippen LogP contribution in [0, 0.1) is 0 Å². The maximum absolute atomic E-state index is 12.3. The summed E-state index contributed by atoms with van der Waals surface area (Å²) in [5, 5.41) is 18.9. The largest absolute Gasteiger partial charge is 0.476 e. The van der Waals surface area contributed by atoms with E-state index in [2.05, 4.69) is 15.3 Å². The number of aromatic amines is 2. The summed E-state index contributed by atoms with van der Waals surface area (Å²) in [5.41, 5.74) is -2.70. The van der Waals surface area contributed by atoms with Crippen LogP contribution >= 0.6 is 23.2 Å². The highest BCUT2D eigenvalue weighted by atomic mass is 35.5. The van der Waals surface area contributed by atoms with Gasteiger partial charge in [-0.1, -0.05) is 42.5 Å². The Morgan fingerprint density at radius 3 is 2.36 bits per heavy atom. The second kappa shape index (κ2) is 9.20. The molecule has 0 spiro atoms. The molecule has 0 bridgehead atoms. The first-order valence-electron chi connectivity index (χ1n) is 9.98. The number of carbonyl (C=O) groups is 1. The summed E-state index contributed by atoms with van der Waals surface area (Å²) >= 11 is 12.6. The van der Waals surface area contributed by atoms with Crippen molar-refractivity contribution >= 4 is 29.2 Å². The van der Waals surface area contributed by atoms with E-state index in [4.69, 9.17) is 33.0 Å². The summed E-state index contributed by atoms with van der Waals surface area (Å²) in [4.78, 5) is 49.0. The van der Waals surface area contributed by atoms with Crippen molar-refractivity contribution in [2.24, 2.45) is 0 Å². The van der Waals surface area contributed by atoms with Crippen LogP contribution in [0.15, 0.2) is 32.6 Å². The monoisotopic (exact) mass is 493 g/mol. The van der Waals surface area contributed by atoms with E-state index in [0.717, 1.165) is 32.1 Å². The fourth-order valence-corrected chi connectivity index (χ4v) is 4.31. The second-order valence-electron chi connectivity index (χ2n) is 7.49. The van der Waals surface area contributed by atoms with Gasteiger partial charge in [0.05, 0.1) is 15.7 Å². The van der Waals surface area contributed by atoms with Gasteiger partial charge in [-0.2, -0.15) is 9.78 Å². The number of benzene rings is 1. The molecule has 3 aromatic rings. The summed E-state index contributed by atoms with van der Waals surface area (Å²) in [6.07, 6.45) is 5.04. The third kappa shape index (κ3) is 4.69. The van der Waals surface area contributed by atoms with Crippen molar-refractivity contribution < 1.29 is 14.6 Å². The molecular formula is C20H17Cl2N5O6. The number of ether oxygens (including phenoxy) is 1. The Bertz CT molecular complexity index is 1380. The van der Waals surface area contributed by atoms with Crippen LogP contribution in [0.5, 0.6) is 11.6 Å². The number of H-pyrrole nitrogens is 2. The SMILES string of the molecule is O=C(O)c1nn(-c2cc(Cl)c(Oc3cc(C4CCCCC4)c(=O)[nH]n3)c(Cl)c2)c(=O)[nH]c1=O. The van der Waals surface area contributed by atoms with Crippen molar-refractivity contribution in [1.29, 1.82) is 0 Å². The second-order valence-corrected chi connectivity index (χ2v) is 8.31. The molecule has 1 fully saturated rings. The van der Waals surface area contributed by atoms with Crippen LogP contribution in [0.25, 0.3) is 5.69 Å². The Kier molecular flexibility index (Phi) is 6.34. The van der Waals surface area contributed by atoms with Crippen molar-refractivity contribution in [3.05, 3.63) is 70.7 Å². The summed E-state index contributed by atoms with van der Waals surface area (Å²) in [6.45, 7) is 0. The molecule has 13 heteroatoms. The van der Waals surface area contributed by atoms with E-state index in [1.54, 1.807) is 6.07 Å². The number of carboxylic acids is 1. The molecule has 0 radical (unpaired) electrons. The highest BCUT2D eigenvalue weighted by molar-refractivity contribution is 6.37. The van der Waals surface area contributed by atoms with Gasteiger partial charge in [-0.05, 0) is 30.9 Å². The van der Waals surface area contributed by atoms with E-state index < -0.39 is 22.9 Å². The molecule has 0 atom stereocenters. The fourth-order valence-electron chi connectivity index (χ4n) is 3.76.